The van der Waals surface area contributed by atoms with Crippen molar-refractivity contribution in [2.24, 2.45) is 0 Å². The number of nitrogens with zero attached hydrogens (tertiary/aromatic N) is 1. The Kier molecular flexibility index (Phi) is 4.43. The molecule has 1 N–H and O–H groups in total. The number of anilines is 1. The number of benzene rings is 1. The lowest BCUT2D eigenvalue weighted by molar-refractivity contribution is 0.0526. The van der Waals surface area contributed by atoms with Gasteiger partial charge >= 0.3 is 5.97 Å². The van der Waals surface area contributed by atoms with E-state index in [1.54, 1.807) is 0 Å². The van der Waals surface area contributed by atoms with Crippen molar-refractivity contribution in [1.82, 2.24) is 5.32 Å². The van der Waals surface area contributed by atoms with Crippen LogP contribution >= 0.6 is 0 Å². The van der Waals surface area contributed by atoms with Crippen LogP contribution in [0.1, 0.15) is 31.1 Å². The Labute approximate surface area is 114 Å². The third-order valence-electron chi connectivity index (χ3n) is 3.30. The average molecular weight is 262 g/mol. The van der Waals surface area contributed by atoms with Gasteiger partial charge in [0.05, 0.1) is 12.2 Å². The number of piperazine rings is 1. The van der Waals surface area contributed by atoms with Crippen LogP contribution in [0.15, 0.2) is 24.3 Å². The Bertz CT molecular complexity index is 420. The molecule has 0 amide bonds. The number of nitrogens with one attached hydrogen (secondary N) is 1. The van der Waals surface area contributed by atoms with E-state index in [4.69, 9.17) is 4.74 Å². The van der Waals surface area contributed by atoms with E-state index in [0.717, 1.165) is 18.8 Å². The van der Waals surface area contributed by atoms with Gasteiger partial charge in [-0.2, -0.15) is 0 Å². The van der Waals surface area contributed by atoms with Crippen LogP contribution in [0.2, 0.25) is 0 Å². The summed E-state index contributed by atoms with van der Waals surface area (Å²) in [5, 5.41) is 3.51. The normalized spacial score (nSPS) is 23.2. The zero-order valence-corrected chi connectivity index (χ0v) is 11.8. The number of carbonyl (C=O) groups excluding carboxylic acids is 1. The summed E-state index contributed by atoms with van der Waals surface area (Å²) in [5.41, 5.74) is 1.77. The fourth-order valence-electron chi connectivity index (χ4n) is 2.56. The van der Waals surface area contributed by atoms with E-state index >= 15 is 0 Å². The summed E-state index contributed by atoms with van der Waals surface area (Å²) < 4.78 is 4.98. The van der Waals surface area contributed by atoms with E-state index in [1.165, 1.54) is 0 Å². The number of hydrogen-bond acceptors (Lipinski definition) is 4. The summed E-state index contributed by atoms with van der Waals surface area (Å²) in [4.78, 5) is 13.9. The van der Waals surface area contributed by atoms with Crippen LogP contribution in [0.5, 0.6) is 0 Å². The van der Waals surface area contributed by atoms with E-state index in [1.807, 2.05) is 31.2 Å². The molecule has 1 heterocycles. The Morgan fingerprint density at radius 1 is 1.26 bits per heavy atom. The molecular weight excluding hydrogens is 240 g/mol. The monoisotopic (exact) mass is 262 g/mol. The Morgan fingerprint density at radius 2 is 1.84 bits per heavy atom. The number of ether oxygens (including phenoxy) is 1. The molecule has 1 fully saturated rings. The molecule has 0 bridgehead atoms. The van der Waals surface area contributed by atoms with Crippen LogP contribution < -0.4 is 10.2 Å². The maximum Gasteiger partial charge on any atom is 0.338 e. The SMILES string of the molecule is CCOC(=O)c1ccc(N2C[C@@H](C)N[C@H](C)C2)cc1. The van der Waals surface area contributed by atoms with Crippen LogP contribution in [0.25, 0.3) is 0 Å². The molecule has 0 aliphatic carbocycles. The lowest BCUT2D eigenvalue weighted by Crippen LogP contribution is -2.54. The minimum Gasteiger partial charge on any atom is -0.462 e. The molecule has 19 heavy (non-hydrogen) atoms. The lowest BCUT2D eigenvalue weighted by Gasteiger charge is -2.37. The predicted molar refractivity (Wildman–Crippen MR) is 76.7 cm³/mol. The van der Waals surface area contributed by atoms with Crippen LogP contribution in [0.4, 0.5) is 5.69 Å². The van der Waals surface area contributed by atoms with Gasteiger partial charge in [-0.05, 0) is 45.0 Å². The minimum absolute atomic E-state index is 0.254. The Hall–Kier alpha value is -1.55. The molecule has 1 aliphatic heterocycles. The quantitative estimate of drug-likeness (QED) is 0.847. The van der Waals surface area contributed by atoms with Crippen LogP contribution in [0, 0.1) is 0 Å². The summed E-state index contributed by atoms with van der Waals surface area (Å²) >= 11 is 0. The van der Waals surface area contributed by atoms with Crippen molar-refractivity contribution < 1.29 is 9.53 Å². The highest BCUT2D eigenvalue weighted by molar-refractivity contribution is 5.89. The van der Waals surface area contributed by atoms with Gasteiger partial charge in [0.25, 0.3) is 0 Å². The van der Waals surface area contributed by atoms with Crippen molar-refractivity contribution in [2.45, 2.75) is 32.9 Å². The highest BCUT2D eigenvalue weighted by Gasteiger charge is 2.21. The summed E-state index contributed by atoms with van der Waals surface area (Å²) in [6.07, 6.45) is 0. The predicted octanol–water partition coefficient (Wildman–Crippen LogP) is 2.05. The van der Waals surface area contributed by atoms with Crippen LogP contribution in [0.3, 0.4) is 0 Å². The molecule has 1 saturated heterocycles. The molecule has 104 valence electrons. The molecule has 0 radical (unpaired) electrons. The third kappa shape index (κ3) is 3.47. The topological polar surface area (TPSA) is 41.6 Å². The van der Waals surface area contributed by atoms with Gasteiger partial charge in [-0.1, -0.05) is 0 Å². The van der Waals surface area contributed by atoms with Crippen LogP contribution in [-0.2, 0) is 4.74 Å². The Balaban J connectivity index is 2.07. The maximum absolute atomic E-state index is 11.6. The van der Waals surface area contributed by atoms with Gasteiger partial charge < -0.3 is 15.0 Å². The van der Waals surface area contributed by atoms with Gasteiger partial charge in [0.15, 0.2) is 0 Å². The zero-order valence-electron chi connectivity index (χ0n) is 11.8. The molecule has 2 rings (SSSR count). The van der Waals surface area contributed by atoms with E-state index in [2.05, 4.69) is 24.1 Å². The summed E-state index contributed by atoms with van der Waals surface area (Å²) in [5.74, 6) is -0.254. The van der Waals surface area contributed by atoms with Gasteiger partial charge in [0.1, 0.15) is 0 Å². The number of carbonyl (C=O) groups is 1. The maximum atomic E-state index is 11.6. The second-order valence-corrected chi connectivity index (χ2v) is 5.14. The fourth-order valence-corrected chi connectivity index (χ4v) is 2.56. The van der Waals surface area contributed by atoms with Crippen molar-refractivity contribution in [3.05, 3.63) is 29.8 Å². The van der Waals surface area contributed by atoms with E-state index < -0.39 is 0 Å². The molecule has 1 aromatic rings. The molecule has 1 aromatic carbocycles. The molecule has 0 saturated carbocycles. The molecule has 0 unspecified atom stereocenters. The zero-order chi connectivity index (χ0) is 13.8. The first-order chi connectivity index (χ1) is 9.10. The van der Waals surface area contributed by atoms with E-state index in [0.29, 0.717) is 24.3 Å². The van der Waals surface area contributed by atoms with Crippen molar-refractivity contribution in [3.8, 4) is 0 Å². The van der Waals surface area contributed by atoms with Gasteiger partial charge in [-0.3, -0.25) is 0 Å². The molecule has 4 heteroatoms. The Morgan fingerprint density at radius 3 is 2.37 bits per heavy atom. The second-order valence-electron chi connectivity index (χ2n) is 5.14. The minimum atomic E-state index is -0.254. The molecular formula is C15H22N2O2. The van der Waals surface area contributed by atoms with Gasteiger partial charge in [0, 0.05) is 30.9 Å². The smallest absolute Gasteiger partial charge is 0.338 e. The van der Waals surface area contributed by atoms with Crippen molar-refractivity contribution in [2.75, 3.05) is 24.6 Å². The molecule has 0 spiro atoms. The summed E-state index contributed by atoms with van der Waals surface area (Å²) in [7, 11) is 0. The van der Waals surface area contributed by atoms with Crippen molar-refractivity contribution in [3.63, 3.8) is 0 Å². The molecule has 4 nitrogen and oxygen atoms in total. The molecule has 2 atom stereocenters. The van der Waals surface area contributed by atoms with E-state index in [9.17, 15) is 4.79 Å². The molecule has 0 aromatic heterocycles. The standard InChI is InChI=1S/C15H22N2O2/c1-4-19-15(18)13-5-7-14(8-6-13)17-9-11(2)16-12(3)10-17/h5-8,11-12,16H,4,9-10H2,1-3H3/t11-,12-/m1/s1. The summed E-state index contributed by atoms with van der Waals surface area (Å²) in [6.45, 7) is 8.58. The first-order valence-corrected chi connectivity index (χ1v) is 6.88. The average Bonchev–Trinajstić information content (AvgIpc) is 2.38. The fraction of sp³-hybridized carbons (Fsp3) is 0.533. The first kappa shape index (κ1) is 13.9. The van der Waals surface area contributed by atoms with Crippen LogP contribution in [-0.4, -0.2) is 37.7 Å². The highest BCUT2D eigenvalue weighted by Crippen LogP contribution is 2.18. The second kappa shape index (κ2) is 6.06. The van der Waals surface area contributed by atoms with Crippen molar-refractivity contribution in [1.29, 1.82) is 0 Å². The van der Waals surface area contributed by atoms with E-state index in [-0.39, 0.29) is 5.97 Å². The summed E-state index contributed by atoms with van der Waals surface area (Å²) in [6, 6.07) is 8.63. The van der Waals surface area contributed by atoms with Gasteiger partial charge in [0.2, 0.25) is 0 Å². The van der Waals surface area contributed by atoms with Crippen molar-refractivity contribution >= 4 is 11.7 Å². The largest absolute Gasteiger partial charge is 0.462 e. The molecule has 1 aliphatic rings. The number of hydrogen-bond donors (Lipinski definition) is 1. The van der Waals surface area contributed by atoms with Gasteiger partial charge in [-0.15, -0.1) is 0 Å². The third-order valence-corrected chi connectivity index (χ3v) is 3.30. The number of rotatable bonds is 3. The van der Waals surface area contributed by atoms with Gasteiger partial charge in [-0.25, -0.2) is 4.79 Å². The first-order valence-electron chi connectivity index (χ1n) is 6.88. The lowest BCUT2D eigenvalue weighted by atomic mass is 10.1. The highest BCUT2D eigenvalue weighted by atomic mass is 16.5. The number of esters is 1.